The van der Waals surface area contributed by atoms with Crippen molar-refractivity contribution in [2.45, 2.75) is 19.9 Å². The van der Waals surface area contributed by atoms with Gasteiger partial charge in [-0.2, -0.15) is 5.10 Å². The van der Waals surface area contributed by atoms with Crippen molar-refractivity contribution in [1.29, 1.82) is 0 Å². The van der Waals surface area contributed by atoms with Gasteiger partial charge in [0.05, 0.1) is 28.7 Å². The van der Waals surface area contributed by atoms with E-state index < -0.39 is 0 Å². The van der Waals surface area contributed by atoms with Crippen molar-refractivity contribution in [1.82, 2.24) is 19.7 Å². The van der Waals surface area contributed by atoms with E-state index in [9.17, 15) is 0 Å². The molecule has 0 amide bonds. The van der Waals surface area contributed by atoms with Crippen LogP contribution in [0.1, 0.15) is 29.8 Å². The molecule has 130 valence electrons. The zero-order valence-electron chi connectivity index (χ0n) is 14.0. The number of hydrogen-bond acceptors (Lipinski definition) is 5. The lowest BCUT2D eigenvalue weighted by Crippen LogP contribution is -2.11. The van der Waals surface area contributed by atoms with E-state index in [0.29, 0.717) is 33.3 Å². The minimum atomic E-state index is -0.199. The fraction of sp³-hybridized carbons (Fsp3) is 0.235. The summed E-state index contributed by atoms with van der Waals surface area (Å²) in [6.07, 6.45) is 3.06. The van der Waals surface area contributed by atoms with Crippen LogP contribution >= 0.6 is 27.5 Å². The molecule has 2 aromatic heterocycles. The van der Waals surface area contributed by atoms with Gasteiger partial charge in [-0.05, 0) is 47.5 Å². The number of methoxy groups -OCH3 is 1. The second-order valence-corrected chi connectivity index (χ2v) is 6.79. The maximum Gasteiger partial charge on any atom is 0.164 e. The van der Waals surface area contributed by atoms with Gasteiger partial charge in [0.15, 0.2) is 5.65 Å². The summed E-state index contributed by atoms with van der Waals surface area (Å²) in [5.74, 6) is 1.08. The van der Waals surface area contributed by atoms with E-state index in [1.54, 1.807) is 17.9 Å². The first-order valence-corrected chi connectivity index (χ1v) is 8.71. The molecule has 0 radical (unpaired) electrons. The summed E-state index contributed by atoms with van der Waals surface area (Å²) in [7, 11) is 1.63. The predicted molar refractivity (Wildman–Crippen MR) is 104 cm³/mol. The Balaban J connectivity index is 2.27. The number of aromatic nitrogens is 4. The van der Waals surface area contributed by atoms with Crippen molar-refractivity contribution in [2.24, 2.45) is 0 Å². The van der Waals surface area contributed by atoms with Crippen LogP contribution in [0.15, 0.2) is 23.4 Å². The van der Waals surface area contributed by atoms with Crippen molar-refractivity contribution >= 4 is 50.5 Å². The molecule has 0 aliphatic rings. The zero-order valence-corrected chi connectivity index (χ0v) is 16.4. The molecule has 6 nitrogen and oxygen atoms in total. The number of halogens is 2. The van der Waals surface area contributed by atoms with Gasteiger partial charge in [0.2, 0.25) is 0 Å². The highest BCUT2D eigenvalue weighted by atomic mass is 79.9. The molecule has 1 aromatic carbocycles. The third-order valence-corrected chi connectivity index (χ3v) is 5.54. The van der Waals surface area contributed by atoms with Crippen molar-refractivity contribution in [3.63, 3.8) is 0 Å². The topological polar surface area (TPSA) is 78.8 Å². The summed E-state index contributed by atoms with van der Waals surface area (Å²) in [5, 5.41) is 5.93. The van der Waals surface area contributed by atoms with Crippen molar-refractivity contribution in [3.05, 3.63) is 45.3 Å². The van der Waals surface area contributed by atoms with Gasteiger partial charge < -0.3 is 10.5 Å². The van der Waals surface area contributed by atoms with Crippen LogP contribution in [0.2, 0.25) is 5.02 Å². The Morgan fingerprint density at radius 3 is 2.80 bits per heavy atom. The monoisotopic (exact) mass is 421 g/mol. The van der Waals surface area contributed by atoms with Crippen LogP contribution in [0.25, 0.3) is 17.1 Å². The standard InChI is InChI=1S/C17H17BrClN5O/c1-5-12-13-16(20)21-7-22-17(13)24(23-12)9(3)10-6-11(19)8(2)14(18)15(10)25-4/h5-7,9H,1H2,2-4H3,(H2,20,21,22). The molecule has 0 aliphatic carbocycles. The third kappa shape index (κ3) is 2.77. The highest BCUT2D eigenvalue weighted by Crippen LogP contribution is 2.41. The van der Waals surface area contributed by atoms with Crippen LogP contribution in [-0.4, -0.2) is 26.9 Å². The molecule has 2 N–H and O–H groups in total. The molecule has 8 heteroatoms. The van der Waals surface area contributed by atoms with E-state index in [0.717, 1.165) is 15.6 Å². The molecule has 0 saturated carbocycles. The zero-order chi connectivity index (χ0) is 18.3. The quantitative estimate of drug-likeness (QED) is 0.674. The van der Waals surface area contributed by atoms with E-state index in [1.165, 1.54) is 6.33 Å². The second kappa shape index (κ2) is 6.65. The number of hydrogen-bond donors (Lipinski definition) is 1. The van der Waals surface area contributed by atoms with Gasteiger partial charge in [-0.1, -0.05) is 18.2 Å². The Bertz CT molecular complexity index is 985. The van der Waals surface area contributed by atoms with Crippen LogP contribution in [0, 0.1) is 6.92 Å². The smallest absolute Gasteiger partial charge is 0.164 e. The fourth-order valence-corrected chi connectivity index (χ4v) is 3.73. The van der Waals surface area contributed by atoms with Crippen molar-refractivity contribution in [3.8, 4) is 5.75 Å². The van der Waals surface area contributed by atoms with E-state index in [2.05, 4.69) is 37.6 Å². The molecular weight excluding hydrogens is 406 g/mol. The van der Waals surface area contributed by atoms with Gasteiger partial charge in [-0.25, -0.2) is 14.6 Å². The summed E-state index contributed by atoms with van der Waals surface area (Å²) in [6, 6.07) is 1.69. The Morgan fingerprint density at radius 1 is 1.44 bits per heavy atom. The van der Waals surface area contributed by atoms with Crippen LogP contribution in [0.4, 0.5) is 5.82 Å². The Labute approximate surface area is 158 Å². The molecule has 3 aromatic rings. The average molecular weight is 423 g/mol. The molecule has 0 spiro atoms. The number of fused-ring (bicyclic) bond motifs is 1. The Kier molecular flexibility index (Phi) is 4.71. The average Bonchev–Trinajstić information content (AvgIpc) is 2.99. The molecule has 25 heavy (non-hydrogen) atoms. The SMILES string of the molecule is C=Cc1nn(C(C)c2cc(Cl)c(C)c(Br)c2OC)c2ncnc(N)c12. The number of anilines is 1. The molecule has 2 heterocycles. The minimum absolute atomic E-state index is 0.199. The van der Waals surface area contributed by atoms with Crippen LogP contribution in [0.5, 0.6) is 5.75 Å². The van der Waals surface area contributed by atoms with Gasteiger partial charge in [-0.15, -0.1) is 0 Å². The summed E-state index contributed by atoms with van der Waals surface area (Å²) in [4.78, 5) is 8.40. The number of nitrogens with zero attached hydrogens (tertiary/aromatic N) is 4. The van der Waals surface area contributed by atoms with Crippen LogP contribution < -0.4 is 10.5 Å². The molecule has 3 rings (SSSR count). The summed E-state index contributed by atoms with van der Waals surface area (Å²) >= 11 is 9.94. The predicted octanol–water partition coefficient (Wildman–Crippen LogP) is 4.39. The van der Waals surface area contributed by atoms with Gasteiger partial charge in [0, 0.05) is 10.6 Å². The number of rotatable bonds is 4. The first-order valence-electron chi connectivity index (χ1n) is 7.54. The third-order valence-electron chi connectivity index (χ3n) is 4.19. The van der Waals surface area contributed by atoms with Gasteiger partial charge >= 0.3 is 0 Å². The van der Waals surface area contributed by atoms with E-state index in [-0.39, 0.29) is 6.04 Å². The first-order chi connectivity index (χ1) is 11.9. The van der Waals surface area contributed by atoms with Crippen LogP contribution in [0.3, 0.4) is 0 Å². The van der Waals surface area contributed by atoms with Gasteiger partial charge in [-0.3, -0.25) is 0 Å². The van der Waals surface area contributed by atoms with Crippen molar-refractivity contribution < 1.29 is 4.74 Å². The lowest BCUT2D eigenvalue weighted by Gasteiger charge is -2.20. The summed E-state index contributed by atoms with van der Waals surface area (Å²) in [5.41, 5.74) is 9.06. The maximum absolute atomic E-state index is 6.38. The van der Waals surface area contributed by atoms with Crippen molar-refractivity contribution in [2.75, 3.05) is 12.8 Å². The Hall–Kier alpha value is -2.12. The molecule has 1 atom stereocenters. The highest BCUT2D eigenvalue weighted by molar-refractivity contribution is 9.10. The lowest BCUT2D eigenvalue weighted by atomic mass is 10.0. The molecule has 0 bridgehead atoms. The van der Waals surface area contributed by atoms with Gasteiger partial charge in [0.25, 0.3) is 0 Å². The van der Waals surface area contributed by atoms with E-state index >= 15 is 0 Å². The number of benzene rings is 1. The fourth-order valence-electron chi connectivity index (χ4n) is 2.80. The minimum Gasteiger partial charge on any atom is -0.495 e. The number of nitrogens with two attached hydrogens (primary N) is 1. The highest BCUT2D eigenvalue weighted by Gasteiger charge is 2.23. The summed E-state index contributed by atoms with van der Waals surface area (Å²) in [6.45, 7) is 7.72. The summed E-state index contributed by atoms with van der Waals surface area (Å²) < 4.78 is 8.20. The second-order valence-electron chi connectivity index (χ2n) is 5.59. The number of nitrogen functional groups attached to an aromatic ring is 1. The molecular formula is C17H17BrClN5O. The first kappa shape index (κ1) is 17.7. The molecule has 0 fully saturated rings. The van der Waals surface area contributed by atoms with Gasteiger partial charge in [0.1, 0.15) is 17.9 Å². The lowest BCUT2D eigenvalue weighted by molar-refractivity contribution is 0.398. The molecule has 1 unspecified atom stereocenters. The van der Waals surface area contributed by atoms with E-state index in [4.69, 9.17) is 22.1 Å². The maximum atomic E-state index is 6.38. The van der Waals surface area contributed by atoms with Crippen LogP contribution in [-0.2, 0) is 0 Å². The molecule has 0 aliphatic heterocycles. The number of ether oxygens (including phenoxy) is 1. The van der Waals surface area contributed by atoms with E-state index in [1.807, 2.05) is 19.9 Å². The largest absolute Gasteiger partial charge is 0.495 e. The normalized spacial score (nSPS) is 12.4. The Morgan fingerprint density at radius 2 is 2.16 bits per heavy atom. The molecule has 0 saturated heterocycles.